The second kappa shape index (κ2) is 10.8. The lowest BCUT2D eigenvalue weighted by molar-refractivity contribution is 0.0954. The summed E-state index contributed by atoms with van der Waals surface area (Å²) in [5.74, 6) is 2.99. The Labute approximate surface area is 169 Å². The standard InChI is InChI=1S/C24H30FNOSi/c1-4-28(5-2,6-3)17-8-7-16-26-24(27)22-14-12-20(13-15-22)18-21-10-9-11-23(25)19-21/h9-15,19H,4-7,16,18H2,1-3H3,(H,26,27). The first-order valence-corrected chi connectivity index (χ1v) is 12.8. The molecule has 0 bridgehead atoms. The summed E-state index contributed by atoms with van der Waals surface area (Å²) in [7, 11) is -1.40. The number of hydrogen-bond acceptors (Lipinski definition) is 1. The van der Waals surface area contributed by atoms with E-state index in [0.717, 1.165) is 11.1 Å². The molecule has 0 radical (unpaired) electrons. The molecule has 0 unspecified atom stereocenters. The molecule has 2 nitrogen and oxygen atoms in total. The molecule has 0 spiro atoms. The van der Waals surface area contributed by atoms with Crippen molar-refractivity contribution < 1.29 is 9.18 Å². The highest BCUT2D eigenvalue weighted by Crippen LogP contribution is 2.18. The van der Waals surface area contributed by atoms with Gasteiger partial charge in [0.15, 0.2) is 0 Å². The molecule has 4 heteroatoms. The molecule has 0 saturated carbocycles. The lowest BCUT2D eigenvalue weighted by Crippen LogP contribution is -2.29. The molecule has 0 fully saturated rings. The van der Waals surface area contributed by atoms with Crippen LogP contribution in [0.15, 0.2) is 48.5 Å². The summed E-state index contributed by atoms with van der Waals surface area (Å²) in [6.45, 7) is 7.30. The van der Waals surface area contributed by atoms with Crippen LogP contribution >= 0.6 is 0 Å². The minimum absolute atomic E-state index is 0.0795. The van der Waals surface area contributed by atoms with Gasteiger partial charge in [-0.05, 0) is 59.9 Å². The van der Waals surface area contributed by atoms with E-state index < -0.39 is 8.07 Å². The molecule has 28 heavy (non-hydrogen) atoms. The van der Waals surface area contributed by atoms with Crippen molar-refractivity contribution >= 4 is 14.0 Å². The molecule has 148 valence electrons. The number of hydrogen-bond donors (Lipinski definition) is 1. The van der Waals surface area contributed by atoms with Crippen LogP contribution in [0, 0.1) is 17.3 Å². The van der Waals surface area contributed by atoms with Gasteiger partial charge in [-0.15, -0.1) is 11.5 Å². The van der Waals surface area contributed by atoms with Crippen molar-refractivity contribution in [2.24, 2.45) is 0 Å². The van der Waals surface area contributed by atoms with Gasteiger partial charge in [-0.1, -0.05) is 45.0 Å². The lowest BCUT2D eigenvalue weighted by Gasteiger charge is -2.20. The maximum absolute atomic E-state index is 13.3. The molecule has 2 aromatic carbocycles. The molecular weight excluding hydrogens is 365 g/mol. The van der Waals surface area contributed by atoms with Gasteiger partial charge < -0.3 is 5.32 Å². The molecule has 0 aliphatic carbocycles. The fourth-order valence-corrected chi connectivity index (χ4v) is 5.79. The normalized spacial score (nSPS) is 10.9. The van der Waals surface area contributed by atoms with Gasteiger partial charge >= 0.3 is 0 Å². The Morgan fingerprint density at radius 1 is 1.00 bits per heavy atom. The molecule has 2 rings (SSSR count). The number of halogens is 1. The summed E-state index contributed by atoms with van der Waals surface area (Å²) in [6.07, 6.45) is 1.34. The Morgan fingerprint density at radius 3 is 2.29 bits per heavy atom. The van der Waals surface area contributed by atoms with Crippen molar-refractivity contribution in [3.05, 3.63) is 71.0 Å². The highest BCUT2D eigenvalue weighted by Gasteiger charge is 2.23. The molecule has 0 aliphatic heterocycles. The third kappa shape index (κ3) is 6.35. The Morgan fingerprint density at radius 2 is 1.68 bits per heavy atom. The number of benzene rings is 2. The Kier molecular flexibility index (Phi) is 8.47. The molecule has 0 aliphatic rings. The van der Waals surface area contributed by atoms with Crippen molar-refractivity contribution in [1.29, 1.82) is 0 Å². The first-order chi connectivity index (χ1) is 13.5. The summed E-state index contributed by atoms with van der Waals surface area (Å²) in [4.78, 5) is 12.3. The number of rotatable bonds is 8. The third-order valence-corrected chi connectivity index (χ3v) is 10.2. The van der Waals surface area contributed by atoms with Gasteiger partial charge in [0.25, 0.3) is 5.91 Å². The molecule has 0 saturated heterocycles. The van der Waals surface area contributed by atoms with Gasteiger partial charge in [0.2, 0.25) is 0 Å². The van der Waals surface area contributed by atoms with Gasteiger partial charge in [0.05, 0.1) is 0 Å². The summed E-state index contributed by atoms with van der Waals surface area (Å²) < 4.78 is 13.3. The minimum Gasteiger partial charge on any atom is -0.351 e. The van der Waals surface area contributed by atoms with E-state index in [1.807, 2.05) is 30.3 Å². The van der Waals surface area contributed by atoms with E-state index in [9.17, 15) is 9.18 Å². The van der Waals surface area contributed by atoms with Crippen LogP contribution in [0.25, 0.3) is 0 Å². The van der Waals surface area contributed by atoms with Crippen molar-refractivity contribution in [1.82, 2.24) is 5.32 Å². The van der Waals surface area contributed by atoms with Crippen LogP contribution < -0.4 is 5.32 Å². The van der Waals surface area contributed by atoms with Gasteiger partial charge in [-0.25, -0.2) is 4.39 Å². The molecule has 1 N–H and O–H groups in total. The second-order valence-corrected chi connectivity index (χ2v) is 12.1. The number of carbonyl (C=O) groups is 1. The van der Waals surface area contributed by atoms with Crippen LogP contribution in [-0.4, -0.2) is 20.5 Å². The van der Waals surface area contributed by atoms with Crippen molar-refractivity contribution in [3.63, 3.8) is 0 Å². The van der Waals surface area contributed by atoms with E-state index in [0.29, 0.717) is 24.9 Å². The number of nitrogens with one attached hydrogen (secondary N) is 1. The fourth-order valence-electron chi connectivity index (χ4n) is 3.26. The van der Waals surface area contributed by atoms with Gasteiger partial charge in [-0.3, -0.25) is 4.79 Å². The van der Waals surface area contributed by atoms with Crippen LogP contribution in [0.1, 0.15) is 48.7 Å². The predicted molar refractivity (Wildman–Crippen MR) is 118 cm³/mol. The maximum atomic E-state index is 13.3. The number of carbonyl (C=O) groups excluding carboxylic acids is 1. The van der Waals surface area contributed by atoms with Crippen molar-refractivity contribution in [2.75, 3.05) is 6.54 Å². The van der Waals surface area contributed by atoms with E-state index in [1.165, 1.54) is 30.3 Å². The first-order valence-electron chi connectivity index (χ1n) is 10.1. The monoisotopic (exact) mass is 395 g/mol. The average Bonchev–Trinajstić information content (AvgIpc) is 2.71. The Hall–Kier alpha value is -2.38. The van der Waals surface area contributed by atoms with Crippen LogP contribution in [0.2, 0.25) is 18.1 Å². The van der Waals surface area contributed by atoms with E-state index in [-0.39, 0.29) is 11.7 Å². The lowest BCUT2D eigenvalue weighted by atomic mass is 10.0. The molecular formula is C24H30FNOSi. The van der Waals surface area contributed by atoms with Crippen LogP contribution in [0.4, 0.5) is 4.39 Å². The summed E-state index contributed by atoms with van der Waals surface area (Å²) in [6, 6.07) is 17.7. The fraction of sp³-hybridized carbons (Fsp3) is 0.375. The van der Waals surface area contributed by atoms with Gasteiger partial charge in [0, 0.05) is 18.5 Å². The zero-order valence-corrected chi connectivity index (χ0v) is 18.1. The van der Waals surface area contributed by atoms with Crippen LogP contribution in [-0.2, 0) is 6.42 Å². The van der Waals surface area contributed by atoms with E-state index in [4.69, 9.17) is 0 Å². The summed E-state index contributed by atoms with van der Waals surface area (Å²) in [5, 5.41) is 2.94. The summed E-state index contributed by atoms with van der Waals surface area (Å²) >= 11 is 0. The van der Waals surface area contributed by atoms with Gasteiger partial charge in [-0.2, -0.15) is 0 Å². The van der Waals surface area contributed by atoms with E-state index in [2.05, 4.69) is 37.6 Å². The Balaban J connectivity index is 1.85. The average molecular weight is 396 g/mol. The first kappa shape index (κ1) is 21.9. The van der Waals surface area contributed by atoms with Gasteiger partial charge in [0.1, 0.15) is 13.9 Å². The SMILES string of the molecule is CC[Si](C#CCCNC(=O)c1ccc(Cc2cccc(F)c2)cc1)(CC)CC. The van der Waals surface area contributed by atoms with Crippen molar-refractivity contribution in [3.8, 4) is 11.5 Å². The summed E-state index contributed by atoms with van der Waals surface area (Å²) in [5.41, 5.74) is 6.14. The molecule has 0 atom stereocenters. The zero-order chi connectivity index (χ0) is 20.4. The second-order valence-electron chi connectivity index (χ2n) is 7.15. The Bertz CT molecular complexity index is 823. The molecule has 1 amide bonds. The number of amides is 1. The van der Waals surface area contributed by atoms with Crippen LogP contribution in [0.3, 0.4) is 0 Å². The minimum atomic E-state index is -1.40. The van der Waals surface area contributed by atoms with Crippen molar-refractivity contribution in [2.45, 2.75) is 51.7 Å². The quantitative estimate of drug-likeness (QED) is 0.352. The highest BCUT2D eigenvalue weighted by atomic mass is 28.3. The van der Waals surface area contributed by atoms with E-state index >= 15 is 0 Å². The van der Waals surface area contributed by atoms with Crippen LogP contribution in [0.5, 0.6) is 0 Å². The molecule has 2 aromatic rings. The maximum Gasteiger partial charge on any atom is 0.251 e. The molecule has 0 heterocycles. The highest BCUT2D eigenvalue weighted by molar-refractivity contribution is 6.87. The topological polar surface area (TPSA) is 29.1 Å². The predicted octanol–water partition coefficient (Wildman–Crippen LogP) is 5.59. The largest absolute Gasteiger partial charge is 0.351 e. The van der Waals surface area contributed by atoms with E-state index in [1.54, 1.807) is 6.07 Å². The molecule has 0 aromatic heterocycles. The smallest absolute Gasteiger partial charge is 0.251 e. The zero-order valence-electron chi connectivity index (χ0n) is 17.1. The third-order valence-electron chi connectivity index (χ3n) is 5.43.